The smallest absolute Gasteiger partial charge is 0.318 e. The van der Waals surface area contributed by atoms with Gasteiger partial charge < -0.3 is 5.32 Å². The molecule has 25 heavy (non-hydrogen) atoms. The molecule has 0 aliphatic heterocycles. The fourth-order valence-corrected chi connectivity index (χ4v) is 2.19. The Morgan fingerprint density at radius 2 is 1.64 bits per heavy atom. The minimum Gasteiger partial charge on any atom is -0.318 e. The van der Waals surface area contributed by atoms with E-state index in [4.69, 9.17) is 0 Å². The van der Waals surface area contributed by atoms with Crippen LogP contribution in [0.4, 0.5) is 5.69 Å². The van der Waals surface area contributed by atoms with Crippen molar-refractivity contribution in [3.8, 4) is 0 Å². The van der Waals surface area contributed by atoms with Crippen molar-refractivity contribution in [2.45, 2.75) is 33.1 Å². The maximum atomic E-state index is 11.8. The molecule has 0 radical (unpaired) electrons. The van der Waals surface area contributed by atoms with Crippen LogP contribution >= 0.6 is 0 Å². The molecule has 2 aromatic carbocycles. The van der Waals surface area contributed by atoms with Crippen molar-refractivity contribution in [3.05, 3.63) is 65.2 Å². The molecule has 0 spiro atoms. The van der Waals surface area contributed by atoms with Gasteiger partial charge in [-0.3, -0.25) is 9.59 Å². The van der Waals surface area contributed by atoms with Gasteiger partial charge in [-0.1, -0.05) is 57.2 Å². The van der Waals surface area contributed by atoms with Crippen molar-refractivity contribution in [3.63, 3.8) is 0 Å². The van der Waals surface area contributed by atoms with Gasteiger partial charge >= 0.3 is 11.8 Å². The molecule has 0 heterocycles. The van der Waals surface area contributed by atoms with Crippen LogP contribution in [-0.4, -0.2) is 18.0 Å². The Bertz CT molecular complexity index is 748. The summed E-state index contributed by atoms with van der Waals surface area (Å²) in [6.45, 7) is 6.30. The van der Waals surface area contributed by atoms with Crippen LogP contribution in [0, 0.1) is 0 Å². The minimum absolute atomic E-state index is 0.459. The van der Waals surface area contributed by atoms with Crippen LogP contribution in [0.1, 0.15) is 43.4 Å². The Morgan fingerprint density at radius 1 is 1.00 bits per heavy atom. The highest BCUT2D eigenvalue weighted by Crippen LogP contribution is 2.13. The summed E-state index contributed by atoms with van der Waals surface area (Å²) in [4.78, 5) is 23.6. The summed E-state index contributed by atoms with van der Waals surface area (Å²) in [5.41, 5.74) is 6.05. The number of carbonyl (C=O) groups is 2. The molecule has 0 aliphatic rings. The summed E-state index contributed by atoms with van der Waals surface area (Å²) in [6, 6.07) is 15.2. The second-order valence-corrected chi connectivity index (χ2v) is 6.03. The van der Waals surface area contributed by atoms with Gasteiger partial charge in [0.05, 0.1) is 6.21 Å². The van der Waals surface area contributed by atoms with Crippen LogP contribution in [0.3, 0.4) is 0 Å². The third-order valence-electron chi connectivity index (χ3n) is 3.81. The summed E-state index contributed by atoms with van der Waals surface area (Å²) in [7, 11) is 0. The summed E-state index contributed by atoms with van der Waals surface area (Å²) < 4.78 is 0. The lowest BCUT2D eigenvalue weighted by Gasteiger charge is -2.05. The molecule has 0 saturated heterocycles. The Kier molecular flexibility index (Phi) is 6.46. The third kappa shape index (κ3) is 5.57. The molecule has 0 bridgehead atoms. The van der Waals surface area contributed by atoms with E-state index in [1.165, 1.54) is 11.8 Å². The molecule has 2 N–H and O–H groups in total. The van der Waals surface area contributed by atoms with Gasteiger partial charge in [-0.2, -0.15) is 5.10 Å². The number of hydrogen-bond acceptors (Lipinski definition) is 3. The number of nitrogens with one attached hydrogen (secondary N) is 2. The van der Waals surface area contributed by atoms with Crippen LogP contribution < -0.4 is 10.7 Å². The molecule has 2 amide bonds. The maximum absolute atomic E-state index is 11.8. The van der Waals surface area contributed by atoms with Crippen molar-refractivity contribution < 1.29 is 9.59 Å². The van der Waals surface area contributed by atoms with Gasteiger partial charge in [-0.05, 0) is 41.2 Å². The lowest BCUT2D eigenvalue weighted by molar-refractivity contribution is -0.136. The monoisotopic (exact) mass is 337 g/mol. The number of hydrazone groups is 1. The van der Waals surface area contributed by atoms with Crippen LogP contribution in [0.2, 0.25) is 0 Å². The van der Waals surface area contributed by atoms with Gasteiger partial charge in [0.25, 0.3) is 0 Å². The summed E-state index contributed by atoms with van der Waals surface area (Å²) >= 11 is 0. The molecule has 2 aromatic rings. The largest absolute Gasteiger partial charge is 0.329 e. The van der Waals surface area contributed by atoms with Crippen molar-refractivity contribution in [2.75, 3.05) is 5.32 Å². The van der Waals surface area contributed by atoms with E-state index in [2.05, 4.69) is 36.6 Å². The second-order valence-electron chi connectivity index (χ2n) is 6.03. The number of anilines is 1. The molecule has 130 valence electrons. The highest BCUT2D eigenvalue weighted by Gasteiger charge is 2.12. The second kappa shape index (κ2) is 8.78. The number of benzene rings is 2. The quantitative estimate of drug-likeness (QED) is 0.498. The molecule has 0 unspecified atom stereocenters. The Morgan fingerprint density at radius 3 is 2.20 bits per heavy atom. The minimum atomic E-state index is -0.811. The molecule has 0 saturated carbocycles. The summed E-state index contributed by atoms with van der Waals surface area (Å²) in [5.74, 6) is -1.10. The molecule has 2 rings (SSSR count). The first-order chi connectivity index (χ1) is 12.0. The Labute approximate surface area is 148 Å². The van der Waals surface area contributed by atoms with Gasteiger partial charge in [0, 0.05) is 5.69 Å². The van der Waals surface area contributed by atoms with Crippen molar-refractivity contribution in [2.24, 2.45) is 5.10 Å². The first kappa shape index (κ1) is 18.4. The van der Waals surface area contributed by atoms with E-state index in [9.17, 15) is 9.59 Å². The lowest BCUT2D eigenvalue weighted by atomic mass is 10.0. The summed E-state index contributed by atoms with van der Waals surface area (Å²) in [6.07, 6.45) is 2.42. The van der Waals surface area contributed by atoms with Crippen molar-refractivity contribution in [1.82, 2.24) is 5.43 Å². The Balaban J connectivity index is 1.86. The molecule has 0 aromatic heterocycles. The molecule has 5 heteroatoms. The van der Waals surface area contributed by atoms with Crippen LogP contribution in [0.25, 0.3) is 0 Å². The average Bonchev–Trinajstić information content (AvgIpc) is 2.62. The zero-order chi connectivity index (χ0) is 18.2. The number of aryl methyl sites for hydroxylation is 1. The number of amides is 2. The first-order valence-electron chi connectivity index (χ1n) is 8.33. The van der Waals surface area contributed by atoms with Crippen LogP contribution in [-0.2, 0) is 16.0 Å². The van der Waals surface area contributed by atoms with E-state index in [0.29, 0.717) is 11.6 Å². The zero-order valence-corrected chi connectivity index (χ0v) is 14.7. The molecule has 5 nitrogen and oxygen atoms in total. The molecule has 0 fully saturated rings. The van der Waals surface area contributed by atoms with E-state index >= 15 is 0 Å². The molecule has 0 aliphatic carbocycles. The molecule has 0 atom stereocenters. The maximum Gasteiger partial charge on any atom is 0.329 e. The fraction of sp³-hybridized carbons (Fsp3) is 0.250. The van der Waals surface area contributed by atoms with Gasteiger partial charge in [-0.25, -0.2) is 5.43 Å². The first-order valence-corrected chi connectivity index (χ1v) is 8.33. The predicted molar refractivity (Wildman–Crippen MR) is 101 cm³/mol. The highest BCUT2D eigenvalue weighted by atomic mass is 16.2. The Hall–Kier alpha value is -2.95. The molecular formula is C20H23N3O2. The van der Waals surface area contributed by atoms with E-state index in [1.54, 1.807) is 12.1 Å². The zero-order valence-electron chi connectivity index (χ0n) is 14.7. The number of carbonyl (C=O) groups excluding carboxylic acids is 2. The lowest BCUT2D eigenvalue weighted by Crippen LogP contribution is -2.32. The van der Waals surface area contributed by atoms with E-state index in [-0.39, 0.29) is 0 Å². The topological polar surface area (TPSA) is 70.6 Å². The van der Waals surface area contributed by atoms with Gasteiger partial charge in [-0.15, -0.1) is 0 Å². The number of nitrogens with zero attached hydrogens (tertiary/aromatic N) is 1. The summed E-state index contributed by atoms with van der Waals surface area (Å²) in [5, 5.41) is 6.36. The standard InChI is InChI=1S/C20H23N3O2/c1-4-15-7-11-18(12-8-15)22-19(24)20(25)23-21-13-16-5-9-17(10-6-16)14(2)3/h5-14H,4H2,1-3H3,(H,22,24)(H,23,25). The van der Waals surface area contributed by atoms with E-state index < -0.39 is 11.8 Å². The van der Waals surface area contributed by atoms with E-state index in [0.717, 1.165) is 17.5 Å². The normalized spacial score (nSPS) is 10.9. The molecular weight excluding hydrogens is 314 g/mol. The average molecular weight is 337 g/mol. The van der Waals surface area contributed by atoms with Gasteiger partial charge in [0.1, 0.15) is 0 Å². The van der Waals surface area contributed by atoms with Crippen LogP contribution in [0.5, 0.6) is 0 Å². The van der Waals surface area contributed by atoms with Crippen molar-refractivity contribution in [1.29, 1.82) is 0 Å². The number of rotatable bonds is 5. The van der Waals surface area contributed by atoms with Crippen LogP contribution in [0.15, 0.2) is 53.6 Å². The van der Waals surface area contributed by atoms with Crippen molar-refractivity contribution >= 4 is 23.7 Å². The van der Waals surface area contributed by atoms with Gasteiger partial charge in [0.15, 0.2) is 0 Å². The fourth-order valence-electron chi connectivity index (χ4n) is 2.19. The number of hydrogen-bond donors (Lipinski definition) is 2. The third-order valence-corrected chi connectivity index (χ3v) is 3.81. The highest BCUT2D eigenvalue weighted by molar-refractivity contribution is 6.39. The SMILES string of the molecule is CCc1ccc(NC(=O)C(=O)NN=Cc2ccc(C(C)C)cc2)cc1. The van der Waals surface area contributed by atoms with E-state index in [1.807, 2.05) is 36.4 Å². The predicted octanol–water partition coefficient (Wildman–Crippen LogP) is 3.46. The van der Waals surface area contributed by atoms with Gasteiger partial charge in [0.2, 0.25) is 0 Å².